The van der Waals surface area contributed by atoms with E-state index in [0.29, 0.717) is 22.3 Å². The molecular formula is C18H17Cl2N3O2. The summed E-state index contributed by atoms with van der Waals surface area (Å²) in [5.74, 6) is 0.931. The topological polar surface area (TPSA) is 56.1 Å². The van der Waals surface area contributed by atoms with E-state index in [2.05, 4.69) is 10.3 Å². The van der Waals surface area contributed by atoms with Crippen LogP contribution in [0.25, 0.3) is 11.0 Å². The van der Waals surface area contributed by atoms with Gasteiger partial charge in [-0.25, -0.2) is 4.98 Å². The van der Waals surface area contributed by atoms with Gasteiger partial charge in [-0.2, -0.15) is 0 Å². The Morgan fingerprint density at radius 1 is 1.28 bits per heavy atom. The number of hydrogen-bond acceptors (Lipinski definition) is 3. The van der Waals surface area contributed by atoms with Crippen LogP contribution in [-0.2, 0) is 18.4 Å². The average Bonchev–Trinajstić information content (AvgIpc) is 2.91. The van der Waals surface area contributed by atoms with E-state index < -0.39 is 6.10 Å². The molecule has 3 aromatic rings. The highest BCUT2D eigenvalue weighted by molar-refractivity contribution is 6.35. The highest BCUT2D eigenvalue weighted by Gasteiger charge is 2.17. The number of rotatable bonds is 5. The van der Waals surface area contributed by atoms with Crippen LogP contribution in [0.1, 0.15) is 12.7 Å². The molecule has 0 fully saturated rings. The largest absolute Gasteiger partial charge is 0.479 e. The number of carbonyl (C=O) groups is 1. The molecule has 0 bridgehead atoms. The number of carbonyl (C=O) groups excluding carboxylic acids is 1. The van der Waals surface area contributed by atoms with Gasteiger partial charge in [0.1, 0.15) is 11.6 Å². The maximum atomic E-state index is 12.3. The van der Waals surface area contributed by atoms with Crippen molar-refractivity contribution < 1.29 is 9.53 Å². The minimum absolute atomic E-state index is 0.252. The van der Waals surface area contributed by atoms with E-state index in [9.17, 15) is 4.79 Å². The molecule has 0 aliphatic rings. The maximum Gasteiger partial charge on any atom is 0.261 e. The van der Waals surface area contributed by atoms with Crippen LogP contribution in [0.3, 0.4) is 0 Å². The molecule has 0 saturated carbocycles. The van der Waals surface area contributed by atoms with Gasteiger partial charge in [0, 0.05) is 12.1 Å². The van der Waals surface area contributed by atoms with Crippen LogP contribution in [0, 0.1) is 0 Å². The van der Waals surface area contributed by atoms with Crippen LogP contribution in [0.15, 0.2) is 42.5 Å². The van der Waals surface area contributed by atoms with Crippen molar-refractivity contribution in [2.45, 2.75) is 19.6 Å². The maximum absolute atomic E-state index is 12.3. The van der Waals surface area contributed by atoms with E-state index >= 15 is 0 Å². The Morgan fingerprint density at radius 2 is 2.04 bits per heavy atom. The number of aryl methyl sites for hydroxylation is 1. The number of fused-ring (bicyclic) bond motifs is 1. The van der Waals surface area contributed by atoms with Gasteiger partial charge in [-0.1, -0.05) is 35.3 Å². The summed E-state index contributed by atoms with van der Waals surface area (Å²) in [5, 5.41) is 3.71. The summed E-state index contributed by atoms with van der Waals surface area (Å²) in [7, 11) is 1.92. The second kappa shape index (κ2) is 7.33. The zero-order valence-electron chi connectivity index (χ0n) is 13.8. The Kier molecular flexibility index (Phi) is 5.16. The Labute approximate surface area is 155 Å². The minimum atomic E-state index is -0.701. The third-order valence-electron chi connectivity index (χ3n) is 3.87. The third kappa shape index (κ3) is 3.89. The Bertz CT molecular complexity index is 924. The smallest absolute Gasteiger partial charge is 0.261 e. The van der Waals surface area contributed by atoms with Gasteiger partial charge in [0.2, 0.25) is 0 Å². The number of imidazole rings is 1. The van der Waals surface area contributed by atoms with Crippen molar-refractivity contribution in [3.05, 3.63) is 58.3 Å². The molecule has 0 aliphatic carbocycles. The lowest BCUT2D eigenvalue weighted by Crippen LogP contribution is -2.36. The van der Waals surface area contributed by atoms with Gasteiger partial charge in [0.05, 0.1) is 22.6 Å². The van der Waals surface area contributed by atoms with Gasteiger partial charge in [0.15, 0.2) is 6.10 Å². The van der Waals surface area contributed by atoms with Crippen molar-refractivity contribution in [1.82, 2.24) is 14.9 Å². The third-order valence-corrected chi connectivity index (χ3v) is 4.40. The summed E-state index contributed by atoms with van der Waals surface area (Å²) in [6, 6.07) is 12.7. The summed E-state index contributed by atoms with van der Waals surface area (Å²) in [6.45, 7) is 1.97. The van der Waals surface area contributed by atoms with Gasteiger partial charge < -0.3 is 14.6 Å². The number of halogens is 2. The number of nitrogens with one attached hydrogen (secondary N) is 1. The molecule has 5 nitrogen and oxygen atoms in total. The van der Waals surface area contributed by atoms with Crippen molar-refractivity contribution in [1.29, 1.82) is 0 Å². The van der Waals surface area contributed by atoms with Crippen LogP contribution >= 0.6 is 23.2 Å². The molecule has 0 saturated heterocycles. The van der Waals surface area contributed by atoms with E-state index in [1.165, 1.54) is 0 Å². The normalized spacial score (nSPS) is 12.2. The molecule has 0 aliphatic heterocycles. The molecular weight excluding hydrogens is 361 g/mol. The number of nitrogens with zero attached hydrogens (tertiary/aromatic N) is 2. The van der Waals surface area contributed by atoms with Gasteiger partial charge in [-0.15, -0.1) is 0 Å². The highest BCUT2D eigenvalue weighted by atomic mass is 35.5. The number of ether oxygens (including phenoxy) is 1. The summed E-state index contributed by atoms with van der Waals surface area (Å²) in [4.78, 5) is 16.8. The fraction of sp³-hybridized carbons (Fsp3) is 0.222. The zero-order valence-corrected chi connectivity index (χ0v) is 15.3. The number of hydrogen-bond donors (Lipinski definition) is 1. The van der Waals surface area contributed by atoms with Crippen molar-refractivity contribution in [2.24, 2.45) is 7.05 Å². The van der Waals surface area contributed by atoms with Gasteiger partial charge in [0.25, 0.3) is 5.91 Å². The van der Waals surface area contributed by atoms with Crippen LogP contribution in [-0.4, -0.2) is 21.6 Å². The summed E-state index contributed by atoms with van der Waals surface area (Å²) in [5.41, 5.74) is 1.91. The number of amides is 1. The Morgan fingerprint density at radius 3 is 2.76 bits per heavy atom. The van der Waals surface area contributed by atoms with E-state index in [-0.39, 0.29) is 5.91 Å². The lowest BCUT2D eigenvalue weighted by molar-refractivity contribution is -0.127. The lowest BCUT2D eigenvalue weighted by Gasteiger charge is -2.15. The van der Waals surface area contributed by atoms with Crippen LogP contribution < -0.4 is 10.1 Å². The van der Waals surface area contributed by atoms with Crippen molar-refractivity contribution >= 4 is 40.1 Å². The molecule has 1 N–H and O–H groups in total. The quantitative estimate of drug-likeness (QED) is 0.731. The summed E-state index contributed by atoms with van der Waals surface area (Å²) >= 11 is 11.9. The summed E-state index contributed by atoms with van der Waals surface area (Å²) in [6.07, 6.45) is -0.701. The predicted octanol–water partition coefficient (Wildman–Crippen LogP) is 3.96. The van der Waals surface area contributed by atoms with Crippen LogP contribution in [0.5, 0.6) is 5.75 Å². The second-order valence-corrected chi connectivity index (χ2v) is 6.47. The van der Waals surface area contributed by atoms with Crippen LogP contribution in [0.2, 0.25) is 10.0 Å². The first kappa shape index (κ1) is 17.6. The fourth-order valence-corrected chi connectivity index (χ4v) is 2.93. The Hall–Kier alpha value is -2.24. The molecule has 0 spiro atoms. The van der Waals surface area contributed by atoms with Gasteiger partial charge in [-0.3, -0.25) is 4.79 Å². The first-order chi connectivity index (χ1) is 12.0. The predicted molar refractivity (Wildman–Crippen MR) is 99.1 cm³/mol. The van der Waals surface area contributed by atoms with Crippen molar-refractivity contribution in [3.63, 3.8) is 0 Å². The molecule has 130 valence electrons. The van der Waals surface area contributed by atoms with Crippen molar-refractivity contribution in [2.75, 3.05) is 0 Å². The van der Waals surface area contributed by atoms with E-state index in [4.69, 9.17) is 27.9 Å². The standard InChI is InChI=1S/C18H17Cl2N3O2/c1-11(25-16-8-7-12(19)9-13(16)20)18(24)21-10-17-22-14-5-3-4-6-15(14)23(17)2/h3-9,11H,10H2,1-2H3,(H,21,24). The first-order valence-electron chi connectivity index (χ1n) is 7.75. The molecule has 25 heavy (non-hydrogen) atoms. The van der Waals surface area contributed by atoms with Gasteiger partial charge >= 0.3 is 0 Å². The van der Waals surface area contributed by atoms with E-state index in [1.54, 1.807) is 25.1 Å². The molecule has 1 heterocycles. The minimum Gasteiger partial charge on any atom is -0.479 e. The zero-order chi connectivity index (χ0) is 18.0. The van der Waals surface area contributed by atoms with E-state index in [1.807, 2.05) is 35.9 Å². The van der Waals surface area contributed by atoms with Crippen LogP contribution in [0.4, 0.5) is 0 Å². The number of aromatic nitrogens is 2. The van der Waals surface area contributed by atoms with Gasteiger partial charge in [-0.05, 0) is 37.3 Å². The SMILES string of the molecule is CC(Oc1ccc(Cl)cc1Cl)C(=O)NCc1nc2ccccc2n1C. The monoisotopic (exact) mass is 377 g/mol. The molecule has 2 aromatic carbocycles. The fourth-order valence-electron chi connectivity index (χ4n) is 2.48. The van der Waals surface area contributed by atoms with Crippen molar-refractivity contribution in [3.8, 4) is 5.75 Å². The molecule has 1 amide bonds. The second-order valence-electron chi connectivity index (χ2n) is 5.63. The highest BCUT2D eigenvalue weighted by Crippen LogP contribution is 2.28. The molecule has 7 heteroatoms. The van der Waals surface area contributed by atoms with E-state index in [0.717, 1.165) is 16.9 Å². The Balaban J connectivity index is 1.64. The molecule has 1 atom stereocenters. The summed E-state index contributed by atoms with van der Waals surface area (Å²) < 4.78 is 7.57. The molecule has 3 rings (SSSR count). The lowest BCUT2D eigenvalue weighted by atomic mass is 10.3. The first-order valence-corrected chi connectivity index (χ1v) is 8.51. The average molecular weight is 378 g/mol. The molecule has 1 unspecified atom stereocenters. The molecule has 0 radical (unpaired) electrons. The number of para-hydroxylation sites is 2. The number of benzene rings is 2. The molecule has 1 aromatic heterocycles.